The zero-order valence-corrected chi connectivity index (χ0v) is 16.4. The Morgan fingerprint density at radius 3 is 2.50 bits per heavy atom. The van der Waals surface area contributed by atoms with Crippen molar-refractivity contribution in [2.45, 2.75) is 43.9 Å². The van der Waals surface area contributed by atoms with Gasteiger partial charge >= 0.3 is 0 Å². The molecule has 0 radical (unpaired) electrons. The smallest absolute Gasteiger partial charge is 0.257 e. The molecule has 7 heteroatoms. The zero-order chi connectivity index (χ0) is 18.7. The van der Waals surface area contributed by atoms with Crippen LogP contribution in [0, 0.1) is 5.92 Å². The fourth-order valence-corrected chi connectivity index (χ4v) is 5.36. The third-order valence-electron chi connectivity index (χ3n) is 5.30. The molecule has 2 heterocycles. The highest BCUT2D eigenvalue weighted by Crippen LogP contribution is 2.28. The maximum Gasteiger partial charge on any atom is 0.257 e. The second-order valence-electron chi connectivity index (χ2n) is 7.33. The van der Waals surface area contributed by atoms with E-state index in [0.717, 1.165) is 32.1 Å². The van der Waals surface area contributed by atoms with Crippen LogP contribution < -0.4 is 4.74 Å². The minimum atomic E-state index is -3.58. The third-order valence-corrected chi connectivity index (χ3v) is 7.19. The molecule has 2 aliphatic rings. The Morgan fingerprint density at radius 2 is 1.85 bits per heavy atom. The van der Waals surface area contributed by atoms with Gasteiger partial charge in [-0.2, -0.15) is 4.31 Å². The highest BCUT2D eigenvalue weighted by Gasteiger charge is 2.29. The van der Waals surface area contributed by atoms with Gasteiger partial charge in [-0.3, -0.25) is 4.79 Å². The first-order valence-electron chi connectivity index (χ1n) is 9.41. The summed E-state index contributed by atoms with van der Waals surface area (Å²) in [5.41, 5.74) is 0.333. The number of nitrogens with zero attached hydrogens (tertiary/aromatic N) is 2. The Hall–Kier alpha value is -1.60. The summed E-state index contributed by atoms with van der Waals surface area (Å²) in [5.74, 6) is 0.730. The van der Waals surface area contributed by atoms with Gasteiger partial charge in [0.1, 0.15) is 5.75 Å². The summed E-state index contributed by atoms with van der Waals surface area (Å²) in [6, 6.07) is 4.63. The number of hydrogen-bond donors (Lipinski definition) is 0. The van der Waals surface area contributed by atoms with Crippen LogP contribution in [0.1, 0.15) is 49.4 Å². The van der Waals surface area contributed by atoms with Crippen LogP contribution in [-0.2, 0) is 10.0 Å². The van der Waals surface area contributed by atoms with Gasteiger partial charge in [0.15, 0.2) is 0 Å². The van der Waals surface area contributed by atoms with Crippen molar-refractivity contribution < 1.29 is 17.9 Å². The molecule has 1 atom stereocenters. The van der Waals surface area contributed by atoms with Crippen molar-refractivity contribution in [3.05, 3.63) is 23.8 Å². The first-order chi connectivity index (χ1) is 12.4. The first-order valence-corrected chi connectivity index (χ1v) is 10.8. The van der Waals surface area contributed by atoms with Gasteiger partial charge in [0.2, 0.25) is 10.0 Å². The lowest BCUT2D eigenvalue weighted by Crippen LogP contribution is -2.39. The molecule has 3 rings (SSSR count). The molecule has 2 fully saturated rings. The molecule has 6 nitrogen and oxygen atoms in total. The molecule has 0 N–H and O–H groups in total. The number of benzene rings is 1. The van der Waals surface area contributed by atoms with Crippen LogP contribution in [0.3, 0.4) is 0 Å². The van der Waals surface area contributed by atoms with E-state index >= 15 is 0 Å². The summed E-state index contributed by atoms with van der Waals surface area (Å²) in [7, 11) is -2.07. The van der Waals surface area contributed by atoms with Gasteiger partial charge in [-0.15, -0.1) is 0 Å². The minimum absolute atomic E-state index is 0.149. The van der Waals surface area contributed by atoms with E-state index < -0.39 is 10.0 Å². The highest BCUT2D eigenvalue weighted by molar-refractivity contribution is 7.89. The van der Waals surface area contributed by atoms with Gasteiger partial charge in [-0.05, 0) is 49.8 Å². The summed E-state index contributed by atoms with van der Waals surface area (Å²) in [6.45, 7) is 4.62. The summed E-state index contributed by atoms with van der Waals surface area (Å²) in [4.78, 5) is 15.0. The van der Waals surface area contributed by atoms with Crippen molar-refractivity contribution in [3.8, 4) is 5.75 Å². The molecule has 0 aromatic heterocycles. The van der Waals surface area contributed by atoms with E-state index in [4.69, 9.17) is 4.74 Å². The van der Waals surface area contributed by atoms with E-state index in [0.29, 0.717) is 43.4 Å². The SMILES string of the molecule is COc1ccc(S(=O)(=O)N2CCCCC2)cc1C(=O)N1CCCC(C)C1. The summed E-state index contributed by atoms with van der Waals surface area (Å²) < 4.78 is 32.8. The normalized spacial score (nSPS) is 22.2. The zero-order valence-electron chi connectivity index (χ0n) is 15.6. The number of carbonyl (C=O) groups is 1. The number of rotatable bonds is 4. The van der Waals surface area contributed by atoms with Crippen LogP contribution in [0.4, 0.5) is 0 Å². The van der Waals surface area contributed by atoms with Gasteiger partial charge < -0.3 is 9.64 Å². The molecule has 26 heavy (non-hydrogen) atoms. The Kier molecular flexibility index (Phi) is 5.87. The van der Waals surface area contributed by atoms with Gasteiger partial charge in [0.05, 0.1) is 17.6 Å². The van der Waals surface area contributed by atoms with Crippen LogP contribution >= 0.6 is 0 Å². The topological polar surface area (TPSA) is 66.9 Å². The number of ether oxygens (including phenoxy) is 1. The highest BCUT2D eigenvalue weighted by atomic mass is 32.2. The van der Waals surface area contributed by atoms with E-state index in [2.05, 4.69) is 6.92 Å². The molecular formula is C19H28N2O4S. The van der Waals surface area contributed by atoms with Crippen molar-refractivity contribution in [1.82, 2.24) is 9.21 Å². The number of likely N-dealkylation sites (tertiary alicyclic amines) is 1. The van der Waals surface area contributed by atoms with E-state index in [1.807, 2.05) is 4.90 Å². The summed E-state index contributed by atoms with van der Waals surface area (Å²) in [6.07, 6.45) is 4.91. The van der Waals surface area contributed by atoms with E-state index in [-0.39, 0.29) is 10.8 Å². The Morgan fingerprint density at radius 1 is 1.12 bits per heavy atom. The summed E-state index contributed by atoms with van der Waals surface area (Å²) in [5, 5.41) is 0. The van der Waals surface area contributed by atoms with Gasteiger partial charge in [-0.25, -0.2) is 8.42 Å². The van der Waals surface area contributed by atoms with Crippen molar-refractivity contribution in [2.24, 2.45) is 5.92 Å². The molecule has 0 spiro atoms. The number of sulfonamides is 1. The third kappa shape index (κ3) is 3.88. The number of amides is 1. The van der Waals surface area contributed by atoms with Gasteiger partial charge in [-0.1, -0.05) is 13.3 Å². The molecule has 1 amide bonds. The molecule has 0 aliphatic carbocycles. The van der Waals surface area contributed by atoms with Crippen molar-refractivity contribution in [3.63, 3.8) is 0 Å². The molecule has 2 saturated heterocycles. The number of hydrogen-bond acceptors (Lipinski definition) is 4. The Labute approximate surface area is 156 Å². The predicted molar refractivity (Wildman–Crippen MR) is 99.9 cm³/mol. The molecule has 0 bridgehead atoms. The maximum atomic E-state index is 13.0. The van der Waals surface area contributed by atoms with Gasteiger partial charge in [0.25, 0.3) is 5.91 Å². The fourth-order valence-electron chi connectivity index (χ4n) is 3.81. The Bertz CT molecular complexity index is 757. The number of piperidine rings is 2. The largest absolute Gasteiger partial charge is 0.496 e. The van der Waals surface area contributed by atoms with Crippen LogP contribution in [0.25, 0.3) is 0 Å². The molecular weight excluding hydrogens is 352 g/mol. The average molecular weight is 381 g/mol. The number of methoxy groups -OCH3 is 1. The van der Waals surface area contributed by atoms with Crippen molar-refractivity contribution >= 4 is 15.9 Å². The van der Waals surface area contributed by atoms with Crippen molar-refractivity contribution in [2.75, 3.05) is 33.3 Å². The van der Waals surface area contributed by atoms with Crippen molar-refractivity contribution in [1.29, 1.82) is 0 Å². The molecule has 0 saturated carbocycles. The first kappa shape index (κ1) is 19.2. The summed E-state index contributed by atoms with van der Waals surface area (Å²) >= 11 is 0. The molecule has 1 aromatic rings. The van der Waals surface area contributed by atoms with Crippen LogP contribution in [-0.4, -0.2) is 56.8 Å². The number of carbonyl (C=O) groups excluding carboxylic acids is 1. The molecule has 144 valence electrons. The van der Waals surface area contributed by atoms with E-state index in [9.17, 15) is 13.2 Å². The van der Waals surface area contributed by atoms with Crippen LogP contribution in [0.2, 0.25) is 0 Å². The lowest BCUT2D eigenvalue weighted by Gasteiger charge is -2.31. The Balaban J connectivity index is 1.92. The van der Waals surface area contributed by atoms with Crippen LogP contribution in [0.5, 0.6) is 5.75 Å². The fraction of sp³-hybridized carbons (Fsp3) is 0.632. The molecule has 1 unspecified atom stereocenters. The molecule has 1 aromatic carbocycles. The second-order valence-corrected chi connectivity index (χ2v) is 9.26. The quantitative estimate of drug-likeness (QED) is 0.806. The maximum absolute atomic E-state index is 13.0. The second kappa shape index (κ2) is 7.96. The minimum Gasteiger partial charge on any atom is -0.496 e. The standard InChI is InChI=1S/C19H28N2O4S/c1-15-7-6-10-20(14-15)19(22)17-13-16(8-9-18(17)25-2)26(23,24)21-11-4-3-5-12-21/h8-9,13,15H,3-7,10-12,14H2,1-2H3. The lowest BCUT2D eigenvalue weighted by atomic mass is 9.99. The molecule has 2 aliphatic heterocycles. The van der Waals surface area contributed by atoms with Gasteiger partial charge in [0, 0.05) is 26.2 Å². The monoisotopic (exact) mass is 380 g/mol. The van der Waals surface area contributed by atoms with Crippen LogP contribution in [0.15, 0.2) is 23.1 Å². The lowest BCUT2D eigenvalue weighted by molar-refractivity contribution is 0.0679. The van der Waals surface area contributed by atoms with E-state index in [1.165, 1.54) is 17.5 Å². The predicted octanol–water partition coefficient (Wildman–Crippen LogP) is 2.74. The van der Waals surface area contributed by atoms with E-state index in [1.54, 1.807) is 12.1 Å². The average Bonchev–Trinajstić information content (AvgIpc) is 2.67.